The van der Waals surface area contributed by atoms with Crippen molar-refractivity contribution in [1.29, 1.82) is 0 Å². The highest BCUT2D eigenvalue weighted by molar-refractivity contribution is 5.95. The average molecular weight is 322 g/mol. The topological polar surface area (TPSA) is 75.4 Å². The monoisotopic (exact) mass is 322 g/mol. The fourth-order valence-electron chi connectivity index (χ4n) is 2.42. The van der Waals surface area contributed by atoms with Gasteiger partial charge in [-0.3, -0.25) is 9.78 Å². The van der Waals surface area contributed by atoms with Crippen molar-refractivity contribution in [2.45, 2.75) is 12.5 Å². The van der Waals surface area contributed by atoms with Crippen LogP contribution in [0.1, 0.15) is 18.2 Å². The molecular weight excluding hydrogens is 304 g/mol. The highest BCUT2D eigenvalue weighted by Crippen LogP contribution is 2.20. The number of carbonyl (C=O) groups excluding carboxylic acids is 1. The van der Waals surface area contributed by atoms with Crippen LogP contribution in [0.2, 0.25) is 0 Å². The number of hydrogen-bond donors (Lipinski definition) is 2. The minimum atomic E-state index is -1.26. The van der Waals surface area contributed by atoms with Gasteiger partial charge in [0.25, 0.3) is 0 Å². The second kappa shape index (κ2) is 6.68. The van der Waals surface area contributed by atoms with E-state index in [0.717, 1.165) is 16.5 Å². The van der Waals surface area contributed by atoms with E-state index in [2.05, 4.69) is 10.3 Å². The molecule has 0 radical (unpaired) electrons. The maximum Gasteiger partial charge on any atom is 0.244 e. The molecule has 3 aromatic rings. The Kier molecular flexibility index (Phi) is 4.44. The molecule has 1 atom stereocenters. The molecule has 3 rings (SSSR count). The summed E-state index contributed by atoms with van der Waals surface area (Å²) in [5, 5.41) is 14.0. The summed E-state index contributed by atoms with van der Waals surface area (Å²) in [7, 11) is 0. The standard InChI is InChI=1S/C19H18N2O3/c1-19(23,16-8-4-12-24-16)13-21-17(22)10-9-15-6-2-5-14-7-3-11-20-18(14)15/h2-12,23H,13H2,1H3,(H,21,22). The smallest absolute Gasteiger partial charge is 0.244 e. The summed E-state index contributed by atoms with van der Waals surface area (Å²) in [6.45, 7) is 1.64. The van der Waals surface area contributed by atoms with Gasteiger partial charge in [-0.2, -0.15) is 0 Å². The highest BCUT2D eigenvalue weighted by Gasteiger charge is 2.26. The SMILES string of the molecule is CC(O)(CNC(=O)C=Cc1cccc2cccnc12)c1ccco1. The highest BCUT2D eigenvalue weighted by atomic mass is 16.4. The molecule has 0 bridgehead atoms. The number of para-hydroxylation sites is 1. The van der Waals surface area contributed by atoms with Crippen molar-refractivity contribution in [2.24, 2.45) is 0 Å². The normalized spacial score (nSPS) is 13.9. The van der Waals surface area contributed by atoms with Gasteiger partial charge >= 0.3 is 0 Å². The molecule has 5 nitrogen and oxygen atoms in total. The van der Waals surface area contributed by atoms with E-state index in [4.69, 9.17) is 4.42 Å². The molecule has 122 valence electrons. The number of nitrogens with zero attached hydrogens (tertiary/aromatic N) is 1. The summed E-state index contributed by atoms with van der Waals surface area (Å²) in [5.74, 6) is 0.111. The predicted molar refractivity (Wildman–Crippen MR) is 92.1 cm³/mol. The number of nitrogens with one attached hydrogen (secondary N) is 1. The maximum absolute atomic E-state index is 12.0. The Balaban J connectivity index is 1.67. The lowest BCUT2D eigenvalue weighted by Crippen LogP contribution is -2.37. The first-order valence-electron chi connectivity index (χ1n) is 7.62. The zero-order valence-corrected chi connectivity index (χ0v) is 13.3. The summed E-state index contributed by atoms with van der Waals surface area (Å²) in [6, 6.07) is 13.0. The number of carbonyl (C=O) groups is 1. The van der Waals surface area contributed by atoms with Gasteiger partial charge in [0.1, 0.15) is 11.4 Å². The van der Waals surface area contributed by atoms with Crippen LogP contribution in [-0.2, 0) is 10.4 Å². The Morgan fingerprint density at radius 1 is 1.29 bits per heavy atom. The molecule has 1 unspecified atom stereocenters. The molecule has 2 N–H and O–H groups in total. The van der Waals surface area contributed by atoms with Crippen LogP contribution in [0.25, 0.3) is 17.0 Å². The molecule has 0 aliphatic heterocycles. The van der Waals surface area contributed by atoms with E-state index >= 15 is 0 Å². The Labute approximate surface area is 139 Å². The van der Waals surface area contributed by atoms with Gasteiger partial charge in [-0.1, -0.05) is 24.3 Å². The molecule has 0 saturated carbocycles. The van der Waals surface area contributed by atoms with Gasteiger partial charge < -0.3 is 14.8 Å². The number of benzene rings is 1. The molecule has 24 heavy (non-hydrogen) atoms. The van der Waals surface area contributed by atoms with Crippen molar-refractivity contribution in [3.8, 4) is 0 Å². The van der Waals surface area contributed by atoms with E-state index in [9.17, 15) is 9.90 Å². The van der Waals surface area contributed by atoms with Crippen LogP contribution in [0.15, 0.2) is 65.4 Å². The Morgan fingerprint density at radius 3 is 2.92 bits per heavy atom. The fraction of sp³-hybridized carbons (Fsp3) is 0.158. The molecule has 0 spiro atoms. The Bertz CT molecular complexity index is 862. The van der Waals surface area contributed by atoms with Crippen molar-refractivity contribution in [3.05, 3.63) is 72.3 Å². The van der Waals surface area contributed by atoms with Crippen LogP contribution in [-0.4, -0.2) is 22.5 Å². The van der Waals surface area contributed by atoms with E-state index in [-0.39, 0.29) is 12.5 Å². The Morgan fingerprint density at radius 2 is 2.12 bits per heavy atom. The molecule has 2 aromatic heterocycles. The van der Waals surface area contributed by atoms with Crippen LogP contribution in [0.3, 0.4) is 0 Å². The van der Waals surface area contributed by atoms with Gasteiger partial charge in [0.05, 0.1) is 18.3 Å². The lowest BCUT2D eigenvalue weighted by atomic mass is 10.0. The summed E-state index contributed by atoms with van der Waals surface area (Å²) < 4.78 is 5.18. The minimum Gasteiger partial charge on any atom is -0.466 e. The van der Waals surface area contributed by atoms with Gasteiger partial charge in [0.15, 0.2) is 0 Å². The number of amides is 1. The van der Waals surface area contributed by atoms with Crippen LogP contribution < -0.4 is 5.32 Å². The van der Waals surface area contributed by atoms with Crippen LogP contribution >= 0.6 is 0 Å². The van der Waals surface area contributed by atoms with Crippen molar-refractivity contribution < 1.29 is 14.3 Å². The van der Waals surface area contributed by atoms with Crippen LogP contribution in [0.4, 0.5) is 0 Å². The van der Waals surface area contributed by atoms with Gasteiger partial charge in [-0.15, -0.1) is 0 Å². The molecular formula is C19H18N2O3. The lowest BCUT2D eigenvalue weighted by Gasteiger charge is -2.20. The largest absolute Gasteiger partial charge is 0.466 e. The average Bonchev–Trinajstić information content (AvgIpc) is 3.14. The molecule has 0 saturated heterocycles. The molecule has 0 aliphatic carbocycles. The molecule has 0 aliphatic rings. The van der Waals surface area contributed by atoms with Gasteiger partial charge in [-0.25, -0.2) is 0 Å². The van der Waals surface area contributed by atoms with Crippen LogP contribution in [0, 0.1) is 0 Å². The van der Waals surface area contributed by atoms with E-state index in [0.29, 0.717) is 5.76 Å². The van der Waals surface area contributed by atoms with Gasteiger partial charge in [0, 0.05) is 23.2 Å². The van der Waals surface area contributed by atoms with Crippen molar-refractivity contribution in [3.63, 3.8) is 0 Å². The second-order valence-corrected chi connectivity index (χ2v) is 5.72. The summed E-state index contributed by atoms with van der Waals surface area (Å²) >= 11 is 0. The number of fused-ring (bicyclic) bond motifs is 1. The molecule has 2 heterocycles. The van der Waals surface area contributed by atoms with E-state index in [1.165, 1.54) is 12.3 Å². The molecule has 0 fully saturated rings. The number of aromatic nitrogens is 1. The van der Waals surface area contributed by atoms with Crippen LogP contribution in [0.5, 0.6) is 0 Å². The third-order valence-electron chi connectivity index (χ3n) is 3.74. The number of furan rings is 1. The first-order valence-corrected chi connectivity index (χ1v) is 7.62. The predicted octanol–water partition coefficient (Wildman–Crippen LogP) is 2.86. The zero-order valence-electron chi connectivity index (χ0n) is 13.3. The zero-order chi connectivity index (χ0) is 17.0. The Hall–Kier alpha value is -2.92. The van der Waals surface area contributed by atoms with Crippen molar-refractivity contribution in [1.82, 2.24) is 10.3 Å². The number of hydrogen-bond acceptors (Lipinski definition) is 4. The molecule has 5 heteroatoms. The minimum absolute atomic E-state index is 0.0530. The van der Waals surface area contributed by atoms with Crippen molar-refractivity contribution >= 4 is 22.9 Å². The van der Waals surface area contributed by atoms with E-state index in [1.54, 1.807) is 31.3 Å². The number of aliphatic hydroxyl groups is 1. The molecule has 1 aromatic carbocycles. The molecule has 1 amide bonds. The maximum atomic E-state index is 12.0. The summed E-state index contributed by atoms with van der Waals surface area (Å²) in [4.78, 5) is 16.4. The fourth-order valence-corrected chi connectivity index (χ4v) is 2.42. The van der Waals surface area contributed by atoms with Gasteiger partial charge in [0.2, 0.25) is 5.91 Å². The first kappa shape index (κ1) is 16.0. The number of pyridine rings is 1. The summed E-state index contributed by atoms with van der Waals surface area (Å²) in [5.41, 5.74) is 0.446. The third-order valence-corrected chi connectivity index (χ3v) is 3.74. The van der Waals surface area contributed by atoms with Gasteiger partial charge in [-0.05, 0) is 31.2 Å². The third kappa shape index (κ3) is 3.52. The summed E-state index contributed by atoms with van der Waals surface area (Å²) in [6.07, 6.45) is 6.35. The second-order valence-electron chi connectivity index (χ2n) is 5.72. The first-order chi connectivity index (χ1) is 11.6. The van der Waals surface area contributed by atoms with E-state index < -0.39 is 5.60 Å². The number of rotatable bonds is 5. The van der Waals surface area contributed by atoms with E-state index in [1.807, 2.05) is 30.3 Å². The quantitative estimate of drug-likeness (QED) is 0.708. The van der Waals surface area contributed by atoms with Crippen molar-refractivity contribution in [2.75, 3.05) is 6.54 Å². The lowest BCUT2D eigenvalue weighted by molar-refractivity contribution is -0.117.